The predicted molar refractivity (Wildman–Crippen MR) is 206 cm³/mol. The first-order valence-corrected chi connectivity index (χ1v) is 19.1. The lowest BCUT2D eigenvalue weighted by molar-refractivity contribution is -0.139. The molecule has 286 valence electrons. The van der Waals surface area contributed by atoms with Gasteiger partial charge < -0.3 is 34.0 Å². The number of ether oxygens (including phenoxy) is 3. The highest BCUT2D eigenvalue weighted by Crippen LogP contribution is 2.39. The summed E-state index contributed by atoms with van der Waals surface area (Å²) < 4.78 is 17.3. The van der Waals surface area contributed by atoms with Crippen molar-refractivity contribution in [1.82, 2.24) is 14.7 Å². The number of carbonyl (C=O) groups excluding carboxylic acids is 2. The molecule has 3 aromatic rings. The minimum Gasteiger partial charge on any atom is -0.490 e. The molecule has 1 saturated heterocycles. The summed E-state index contributed by atoms with van der Waals surface area (Å²) in [5, 5.41) is 11.3. The maximum absolute atomic E-state index is 14.5. The summed E-state index contributed by atoms with van der Waals surface area (Å²) in [5.41, 5.74) is 2.89. The standard InChI is InChI=1S/C40H48Cl3N3O7/c1-6-44(39(50)53-40(3,4)5)22-26-7-14-33(41)28(21-26)23-46(29-10-11-29)37(47)32-24-45(38(48)49)16-15-31(32)27-8-12-30(13-9-27)51-17-18-52-36-34(42)19-25(2)20-35(36)43/h7-9,12-14,19-21,29,31-32H,6,10-11,15-18,22-24H2,1-5H3,(H,48,49)/t31-,32+/m1/s1. The fourth-order valence-corrected chi connectivity index (χ4v) is 7.47. The zero-order chi connectivity index (χ0) is 38.4. The fraction of sp³-hybridized carbons (Fsp3) is 0.475. The Labute approximate surface area is 326 Å². The summed E-state index contributed by atoms with van der Waals surface area (Å²) in [6.07, 6.45) is 0.785. The van der Waals surface area contributed by atoms with Gasteiger partial charge in [0.1, 0.15) is 24.6 Å². The van der Waals surface area contributed by atoms with E-state index < -0.39 is 23.7 Å². The number of aryl methyl sites for hydroxylation is 1. The van der Waals surface area contributed by atoms with Crippen LogP contribution in [0, 0.1) is 12.8 Å². The highest BCUT2D eigenvalue weighted by molar-refractivity contribution is 6.37. The second kappa shape index (κ2) is 17.5. The number of likely N-dealkylation sites (tertiary alicyclic amines) is 1. The Morgan fingerprint density at radius 1 is 0.887 bits per heavy atom. The summed E-state index contributed by atoms with van der Waals surface area (Å²) in [7, 11) is 0. The number of piperidine rings is 1. The molecule has 2 atom stereocenters. The van der Waals surface area contributed by atoms with Crippen LogP contribution >= 0.6 is 34.8 Å². The fourth-order valence-electron chi connectivity index (χ4n) is 6.58. The van der Waals surface area contributed by atoms with Crippen molar-refractivity contribution in [2.45, 2.75) is 84.5 Å². The van der Waals surface area contributed by atoms with Crippen molar-refractivity contribution in [3.05, 3.63) is 91.9 Å². The number of nitrogens with zero attached hydrogens (tertiary/aromatic N) is 3. The van der Waals surface area contributed by atoms with E-state index >= 15 is 0 Å². The average molecular weight is 789 g/mol. The van der Waals surface area contributed by atoms with Crippen LogP contribution in [0.15, 0.2) is 54.6 Å². The number of rotatable bonds is 13. The van der Waals surface area contributed by atoms with Crippen LogP contribution in [0.3, 0.4) is 0 Å². The minimum absolute atomic E-state index is 0.0413. The molecular formula is C40H48Cl3N3O7. The van der Waals surface area contributed by atoms with Crippen molar-refractivity contribution >= 4 is 52.9 Å². The van der Waals surface area contributed by atoms with Gasteiger partial charge in [-0.2, -0.15) is 0 Å². The maximum atomic E-state index is 14.5. The number of benzene rings is 3. The third-order valence-electron chi connectivity index (χ3n) is 9.38. The largest absolute Gasteiger partial charge is 0.490 e. The van der Waals surface area contributed by atoms with Crippen molar-refractivity contribution in [3.8, 4) is 11.5 Å². The second-order valence-electron chi connectivity index (χ2n) is 14.7. The Kier molecular flexibility index (Phi) is 13.3. The maximum Gasteiger partial charge on any atom is 0.410 e. The smallest absolute Gasteiger partial charge is 0.410 e. The molecule has 53 heavy (non-hydrogen) atoms. The van der Waals surface area contributed by atoms with E-state index in [2.05, 4.69) is 0 Å². The quantitative estimate of drug-likeness (QED) is 0.172. The molecule has 5 rings (SSSR count). The van der Waals surface area contributed by atoms with Crippen LogP contribution in [-0.4, -0.2) is 82.4 Å². The van der Waals surface area contributed by atoms with E-state index in [1.54, 1.807) is 23.1 Å². The van der Waals surface area contributed by atoms with E-state index in [9.17, 15) is 19.5 Å². The summed E-state index contributed by atoms with van der Waals surface area (Å²) >= 11 is 19.3. The molecule has 1 aliphatic heterocycles. The molecule has 1 N–H and O–H groups in total. The van der Waals surface area contributed by atoms with Gasteiger partial charge in [0.15, 0.2) is 5.75 Å². The first kappa shape index (κ1) is 40.3. The lowest BCUT2D eigenvalue weighted by Gasteiger charge is -2.39. The second-order valence-corrected chi connectivity index (χ2v) is 15.9. The summed E-state index contributed by atoms with van der Waals surface area (Å²) in [6.45, 7) is 11.3. The molecule has 0 spiro atoms. The van der Waals surface area contributed by atoms with Gasteiger partial charge >= 0.3 is 12.2 Å². The zero-order valence-corrected chi connectivity index (χ0v) is 33.1. The molecule has 3 amide bonds. The molecule has 0 unspecified atom stereocenters. The van der Waals surface area contributed by atoms with Gasteiger partial charge in [-0.15, -0.1) is 0 Å². The van der Waals surface area contributed by atoms with Crippen LogP contribution in [-0.2, 0) is 22.6 Å². The van der Waals surface area contributed by atoms with Crippen LogP contribution in [0.4, 0.5) is 9.59 Å². The van der Waals surface area contributed by atoms with Crippen LogP contribution in [0.5, 0.6) is 11.5 Å². The molecule has 2 aliphatic rings. The zero-order valence-electron chi connectivity index (χ0n) is 30.9. The Hall–Kier alpha value is -3.86. The lowest BCUT2D eigenvalue weighted by atomic mass is 9.79. The molecule has 1 aliphatic carbocycles. The van der Waals surface area contributed by atoms with Gasteiger partial charge in [0.05, 0.1) is 16.0 Å². The molecule has 2 fully saturated rings. The molecule has 1 heterocycles. The molecule has 0 aromatic heterocycles. The third-order valence-corrected chi connectivity index (χ3v) is 10.3. The van der Waals surface area contributed by atoms with E-state index in [1.807, 2.05) is 75.9 Å². The Bertz CT molecular complexity index is 1760. The van der Waals surface area contributed by atoms with Gasteiger partial charge in [-0.3, -0.25) is 4.79 Å². The van der Waals surface area contributed by atoms with Crippen LogP contribution in [0.25, 0.3) is 0 Å². The van der Waals surface area contributed by atoms with Gasteiger partial charge in [0.2, 0.25) is 5.91 Å². The monoisotopic (exact) mass is 787 g/mol. The highest BCUT2D eigenvalue weighted by atomic mass is 35.5. The van der Waals surface area contributed by atoms with Crippen molar-refractivity contribution in [2.24, 2.45) is 5.92 Å². The molecule has 3 aromatic carbocycles. The van der Waals surface area contributed by atoms with E-state index in [4.69, 9.17) is 49.0 Å². The molecule has 13 heteroatoms. The molecule has 10 nitrogen and oxygen atoms in total. The number of amides is 3. The number of hydrogen-bond donors (Lipinski definition) is 1. The van der Waals surface area contributed by atoms with Crippen LogP contribution < -0.4 is 9.47 Å². The van der Waals surface area contributed by atoms with Crippen LogP contribution in [0.1, 0.15) is 75.1 Å². The van der Waals surface area contributed by atoms with Crippen molar-refractivity contribution in [1.29, 1.82) is 0 Å². The highest BCUT2D eigenvalue weighted by Gasteiger charge is 2.43. The lowest BCUT2D eigenvalue weighted by Crippen LogP contribution is -2.49. The Morgan fingerprint density at radius 2 is 1.55 bits per heavy atom. The molecule has 0 bridgehead atoms. The first-order chi connectivity index (χ1) is 25.1. The topological polar surface area (TPSA) is 109 Å². The summed E-state index contributed by atoms with van der Waals surface area (Å²) in [5.74, 6) is 0.162. The SMILES string of the molecule is CCN(Cc1ccc(Cl)c(CN(C(=O)[C@H]2CN(C(=O)O)CC[C@@H]2c2ccc(OCCOc3c(Cl)cc(C)cc3Cl)cc2)C2CC2)c1)C(=O)OC(C)(C)C. The number of hydrogen-bond acceptors (Lipinski definition) is 6. The summed E-state index contributed by atoms with van der Waals surface area (Å²) in [6, 6.07) is 16.8. The normalized spacial score (nSPS) is 17.2. The number of carboxylic acid groups (broad SMARTS) is 1. The van der Waals surface area contributed by atoms with Gasteiger partial charge in [0, 0.05) is 43.8 Å². The van der Waals surface area contributed by atoms with Crippen molar-refractivity contribution < 1.29 is 33.7 Å². The first-order valence-electron chi connectivity index (χ1n) is 18.0. The minimum atomic E-state index is -1.04. The molecular weight excluding hydrogens is 741 g/mol. The third kappa shape index (κ3) is 10.9. The van der Waals surface area contributed by atoms with Gasteiger partial charge in [-0.05, 0) is 112 Å². The van der Waals surface area contributed by atoms with E-state index in [0.717, 1.165) is 35.1 Å². The summed E-state index contributed by atoms with van der Waals surface area (Å²) in [4.78, 5) is 44.3. The number of halogens is 3. The Morgan fingerprint density at radius 3 is 2.15 bits per heavy atom. The number of carbonyl (C=O) groups is 3. The predicted octanol–water partition coefficient (Wildman–Crippen LogP) is 9.44. The van der Waals surface area contributed by atoms with E-state index in [1.165, 1.54) is 4.90 Å². The van der Waals surface area contributed by atoms with Crippen molar-refractivity contribution in [3.63, 3.8) is 0 Å². The van der Waals surface area contributed by atoms with Gasteiger partial charge in [0.25, 0.3) is 0 Å². The van der Waals surface area contributed by atoms with Crippen molar-refractivity contribution in [2.75, 3.05) is 32.8 Å². The molecule has 0 radical (unpaired) electrons. The van der Waals surface area contributed by atoms with Gasteiger partial charge in [-0.25, -0.2) is 9.59 Å². The molecule has 1 saturated carbocycles. The average Bonchev–Trinajstić information content (AvgIpc) is 3.94. The Balaban J connectivity index is 1.28. The van der Waals surface area contributed by atoms with E-state index in [0.29, 0.717) is 52.6 Å². The van der Waals surface area contributed by atoms with Gasteiger partial charge in [-0.1, -0.05) is 59.1 Å². The van der Waals surface area contributed by atoms with E-state index in [-0.39, 0.29) is 44.2 Å². The van der Waals surface area contributed by atoms with Crippen LogP contribution in [0.2, 0.25) is 15.1 Å².